The number of carbonyl (C=O) groups excluding carboxylic acids is 4. The van der Waals surface area contributed by atoms with Crippen LogP contribution in [0.15, 0.2) is 30.3 Å². The molecular formula is C38H62N4O10. The Hall–Kier alpha value is -3.59. The van der Waals surface area contributed by atoms with E-state index >= 15 is 0 Å². The molecule has 1 aliphatic heterocycles. The molecule has 294 valence electrons. The molecule has 0 radical (unpaired) electrons. The minimum absolute atomic E-state index is 0.0410. The van der Waals surface area contributed by atoms with Crippen LogP contribution in [0.4, 0.5) is 0 Å². The van der Waals surface area contributed by atoms with E-state index < -0.39 is 52.7 Å². The number of hydrogen-bond donors (Lipinski definition) is 1. The van der Waals surface area contributed by atoms with Gasteiger partial charge in [0.15, 0.2) is 0 Å². The topological polar surface area (TPSA) is 155 Å². The van der Waals surface area contributed by atoms with Gasteiger partial charge in [0.05, 0.1) is 19.6 Å². The maximum Gasteiger partial charge on any atom is 0.323 e. The molecule has 0 spiro atoms. The van der Waals surface area contributed by atoms with Crippen molar-refractivity contribution in [2.24, 2.45) is 0 Å². The second-order valence-corrected chi connectivity index (χ2v) is 16.2. The van der Waals surface area contributed by atoms with Crippen LogP contribution >= 0.6 is 0 Å². The number of benzene rings is 1. The molecule has 1 unspecified atom stereocenters. The second kappa shape index (κ2) is 20.6. The molecule has 1 aliphatic rings. The lowest BCUT2D eigenvalue weighted by Gasteiger charge is -2.37. The number of esters is 4. The molecular weight excluding hydrogens is 672 g/mol. The summed E-state index contributed by atoms with van der Waals surface area (Å²) in [6, 6.07) is 8.48. The number of carboxylic acid groups (broad SMARTS) is 1. The van der Waals surface area contributed by atoms with Crippen LogP contribution in [0.25, 0.3) is 0 Å². The summed E-state index contributed by atoms with van der Waals surface area (Å²) in [4.78, 5) is 72.0. The molecule has 0 amide bonds. The quantitative estimate of drug-likeness (QED) is 0.233. The zero-order chi connectivity index (χ0) is 39.1. The molecule has 0 aromatic heterocycles. The largest absolute Gasteiger partial charge is 0.480 e. The molecule has 2 rings (SSSR count). The Kier molecular flexibility index (Phi) is 17.7. The Morgan fingerprint density at radius 1 is 0.615 bits per heavy atom. The molecule has 0 saturated carbocycles. The van der Waals surface area contributed by atoms with Crippen molar-refractivity contribution < 1.29 is 48.0 Å². The van der Waals surface area contributed by atoms with Crippen molar-refractivity contribution in [2.45, 2.75) is 105 Å². The lowest BCUT2D eigenvalue weighted by Crippen LogP contribution is -2.53. The van der Waals surface area contributed by atoms with Crippen LogP contribution in [0.1, 0.15) is 80.7 Å². The lowest BCUT2D eigenvalue weighted by atomic mass is 10.1. The predicted octanol–water partition coefficient (Wildman–Crippen LogP) is 3.21. The van der Waals surface area contributed by atoms with Crippen LogP contribution in [-0.2, 0) is 49.5 Å². The number of aliphatic carboxylic acids is 1. The molecule has 1 N–H and O–H groups in total. The summed E-state index contributed by atoms with van der Waals surface area (Å²) in [5.41, 5.74) is -1.34. The van der Waals surface area contributed by atoms with Crippen molar-refractivity contribution >= 4 is 29.8 Å². The lowest BCUT2D eigenvalue weighted by molar-refractivity contribution is -0.163. The molecule has 1 saturated heterocycles. The van der Waals surface area contributed by atoms with Crippen molar-refractivity contribution in [1.82, 2.24) is 19.6 Å². The van der Waals surface area contributed by atoms with Gasteiger partial charge in [0.2, 0.25) is 0 Å². The van der Waals surface area contributed by atoms with Gasteiger partial charge in [-0.15, -0.1) is 0 Å². The van der Waals surface area contributed by atoms with Crippen LogP contribution in [0, 0.1) is 0 Å². The molecule has 1 heterocycles. The van der Waals surface area contributed by atoms with E-state index in [0.717, 1.165) is 5.56 Å². The first-order valence-electron chi connectivity index (χ1n) is 18.1. The van der Waals surface area contributed by atoms with E-state index in [4.69, 9.17) is 18.9 Å². The first-order valence-corrected chi connectivity index (χ1v) is 18.1. The molecule has 1 atom stereocenters. The highest BCUT2D eigenvalue weighted by Gasteiger charge is 2.33. The molecule has 0 bridgehead atoms. The van der Waals surface area contributed by atoms with E-state index in [1.54, 1.807) is 67.2 Å². The highest BCUT2D eigenvalue weighted by atomic mass is 16.6. The smallest absolute Gasteiger partial charge is 0.323 e. The summed E-state index contributed by atoms with van der Waals surface area (Å²) in [7, 11) is 0. The first kappa shape index (κ1) is 44.6. The van der Waals surface area contributed by atoms with Crippen LogP contribution in [0.2, 0.25) is 0 Å². The minimum atomic E-state index is -0.988. The Morgan fingerprint density at radius 3 is 1.46 bits per heavy atom. The number of rotatable bonds is 13. The summed E-state index contributed by atoms with van der Waals surface area (Å²) in [5, 5.41) is 9.64. The van der Waals surface area contributed by atoms with Crippen molar-refractivity contribution in [3.05, 3.63) is 35.9 Å². The van der Waals surface area contributed by atoms with E-state index in [1.807, 2.05) is 45.0 Å². The van der Waals surface area contributed by atoms with Gasteiger partial charge >= 0.3 is 29.8 Å². The van der Waals surface area contributed by atoms with Gasteiger partial charge in [-0.2, -0.15) is 0 Å². The minimum Gasteiger partial charge on any atom is -0.480 e. The average Bonchev–Trinajstić information content (AvgIpc) is 2.98. The zero-order valence-corrected chi connectivity index (χ0v) is 32.8. The zero-order valence-electron chi connectivity index (χ0n) is 32.8. The van der Waals surface area contributed by atoms with Crippen LogP contribution in [-0.4, -0.2) is 149 Å². The SMILES string of the molecule is CC(C)(C)OC(=O)CN1CCN(CC(=O)O)CCN(CC(=O)OC(C)(C)C)CCN(C(CCC(=O)OCc2ccccc2)C(=O)OC(C)(C)C)CC1. The van der Waals surface area contributed by atoms with Crippen molar-refractivity contribution in [3.63, 3.8) is 0 Å². The summed E-state index contributed by atoms with van der Waals surface area (Å²) in [6.07, 6.45) is 0.0771. The Balaban J connectivity index is 2.42. The number of carboxylic acids is 1. The van der Waals surface area contributed by atoms with Crippen LogP contribution < -0.4 is 0 Å². The van der Waals surface area contributed by atoms with E-state index in [0.29, 0.717) is 52.4 Å². The second-order valence-electron chi connectivity index (χ2n) is 16.2. The Bertz CT molecular complexity index is 1260. The van der Waals surface area contributed by atoms with E-state index in [9.17, 15) is 29.1 Å². The molecule has 14 heteroatoms. The third-order valence-electron chi connectivity index (χ3n) is 7.76. The molecule has 1 aromatic rings. The molecule has 14 nitrogen and oxygen atoms in total. The van der Waals surface area contributed by atoms with E-state index in [1.165, 1.54) is 0 Å². The maximum absolute atomic E-state index is 13.8. The number of ether oxygens (including phenoxy) is 4. The fourth-order valence-electron chi connectivity index (χ4n) is 5.53. The van der Waals surface area contributed by atoms with Gasteiger partial charge in [-0.25, -0.2) is 0 Å². The normalized spacial score (nSPS) is 17.2. The Morgan fingerprint density at radius 2 is 1.04 bits per heavy atom. The standard InChI is InChI=1S/C38H62N4O10/c1-36(2,3)50-33(46)26-40-19-17-39(25-31(43)44)18-20-41(27-34(47)51-37(4,5)6)22-24-42(23-21-40)30(35(48)52-38(7,8)9)15-16-32(45)49-28-29-13-11-10-12-14-29/h10-14,30H,15-28H2,1-9H3,(H,43,44). The molecule has 0 aliphatic carbocycles. The van der Waals surface area contributed by atoms with Crippen molar-refractivity contribution in [1.29, 1.82) is 0 Å². The van der Waals surface area contributed by atoms with Gasteiger partial charge in [0, 0.05) is 58.8 Å². The first-order chi connectivity index (χ1) is 24.1. The molecule has 1 fully saturated rings. The summed E-state index contributed by atoms with van der Waals surface area (Å²) in [6.45, 7) is 18.5. The number of nitrogens with zero attached hydrogens (tertiary/aromatic N) is 4. The van der Waals surface area contributed by atoms with Gasteiger partial charge < -0.3 is 24.1 Å². The third-order valence-corrected chi connectivity index (χ3v) is 7.76. The van der Waals surface area contributed by atoms with E-state index in [2.05, 4.69) is 0 Å². The van der Waals surface area contributed by atoms with Gasteiger partial charge in [-0.3, -0.25) is 43.6 Å². The van der Waals surface area contributed by atoms with Gasteiger partial charge in [-0.1, -0.05) is 30.3 Å². The Labute approximate surface area is 309 Å². The van der Waals surface area contributed by atoms with Crippen LogP contribution in [0.3, 0.4) is 0 Å². The third kappa shape index (κ3) is 19.9. The molecule has 52 heavy (non-hydrogen) atoms. The van der Waals surface area contributed by atoms with Gasteiger partial charge in [0.1, 0.15) is 29.5 Å². The predicted molar refractivity (Wildman–Crippen MR) is 195 cm³/mol. The summed E-state index contributed by atoms with van der Waals surface area (Å²) in [5.74, 6) is -2.80. The van der Waals surface area contributed by atoms with Crippen LogP contribution in [0.5, 0.6) is 0 Å². The van der Waals surface area contributed by atoms with Gasteiger partial charge in [0.25, 0.3) is 0 Å². The fourth-order valence-corrected chi connectivity index (χ4v) is 5.53. The van der Waals surface area contributed by atoms with Crippen molar-refractivity contribution in [2.75, 3.05) is 72.0 Å². The van der Waals surface area contributed by atoms with E-state index in [-0.39, 0.29) is 39.1 Å². The number of hydrogen-bond acceptors (Lipinski definition) is 13. The molecule has 1 aromatic carbocycles. The number of carbonyl (C=O) groups is 5. The highest BCUT2D eigenvalue weighted by molar-refractivity contribution is 5.78. The highest BCUT2D eigenvalue weighted by Crippen LogP contribution is 2.18. The maximum atomic E-state index is 13.8. The van der Waals surface area contributed by atoms with Gasteiger partial charge in [-0.05, 0) is 74.3 Å². The van der Waals surface area contributed by atoms with Crippen molar-refractivity contribution in [3.8, 4) is 0 Å². The summed E-state index contributed by atoms with van der Waals surface area (Å²) < 4.78 is 22.6. The monoisotopic (exact) mass is 734 g/mol. The fraction of sp³-hybridized carbons (Fsp3) is 0.711. The average molecular weight is 735 g/mol. The summed E-state index contributed by atoms with van der Waals surface area (Å²) >= 11 is 0.